The van der Waals surface area contributed by atoms with E-state index in [0.29, 0.717) is 6.42 Å². The Balaban J connectivity index is 1.72. The molecule has 0 amide bonds. The summed E-state index contributed by atoms with van der Waals surface area (Å²) in [5, 5.41) is 0. The van der Waals surface area contributed by atoms with E-state index in [-0.39, 0.29) is 5.78 Å². The van der Waals surface area contributed by atoms with Gasteiger partial charge in [0.25, 0.3) is 0 Å². The molecule has 1 aliphatic heterocycles. The van der Waals surface area contributed by atoms with Gasteiger partial charge >= 0.3 is 0 Å². The highest BCUT2D eigenvalue weighted by Crippen LogP contribution is 2.24. The van der Waals surface area contributed by atoms with Crippen LogP contribution >= 0.6 is 0 Å². The first-order chi connectivity index (χ1) is 9.74. The van der Waals surface area contributed by atoms with E-state index < -0.39 is 0 Å². The van der Waals surface area contributed by atoms with Gasteiger partial charge in [0.15, 0.2) is 5.78 Å². The van der Waals surface area contributed by atoms with Gasteiger partial charge in [0.05, 0.1) is 13.2 Å². The third-order valence-corrected chi connectivity index (χ3v) is 4.12. The van der Waals surface area contributed by atoms with Crippen molar-refractivity contribution < 1.29 is 9.53 Å². The number of carbonyl (C=O) groups excluding carboxylic acids is 1. The normalized spacial score (nSPS) is 25.4. The molecule has 0 saturated carbocycles. The van der Waals surface area contributed by atoms with Gasteiger partial charge in [-0.05, 0) is 31.3 Å². The summed E-state index contributed by atoms with van der Waals surface area (Å²) >= 11 is 0. The maximum Gasteiger partial charge on any atom is 0.159 e. The van der Waals surface area contributed by atoms with Crippen LogP contribution in [-0.4, -0.2) is 43.5 Å². The third kappa shape index (κ3) is 5.59. The number of morpholine rings is 1. The van der Waals surface area contributed by atoms with E-state index in [1.807, 2.05) is 6.08 Å². The van der Waals surface area contributed by atoms with Crippen LogP contribution in [0.4, 0.5) is 0 Å². The summed E-state index contributed by atoms with van der Waals surface area (Å²) in [6.45, 7) is 6.73. The first-order valence-corrected chi connectivity index (χ1v) is 7.91. The Morgan fingerprint density at radius 3 is 3.05 bits per heavy atom. The molecule has 0 spiro atoms. The summed E-state index contributed by atoms with van der Waals surface area (Å²) in [6.07, 6.45) is 11.5. The van der Waals surface area contributed by atoms with Crippen LogP contribution in [0.3, 0.4) is 0 Å². The monoisotopic (exact) mass is 277 g/mol. The summed E-state index contributed by atoms with van der Waals surface area (Å²) in [5.74, 6) is 0.979. The maximum absolute atomic E-state index is 12.0. The molecule has 1 heterocycles. The quantitative estimate of drug-likeness (QED) is 0.571. The lowest BCUT2D eigenvalue weighted by Crippen LogP contribution is -2.36. The minimum absolute atomic E-state index is 0.249. The average molecular weight is 277 g/mol. The molecule has 112 valence electrons. The number of carbonyl (C=O) groups is 1. The SMILES string of the molecule is C[C@@H]1CCCC=C(CC(=O)/C=C/CN2CCOCC2)C1. The summed E-state index contributed by atoms with van der Waals surface area (Å²) in [7, 11) is 0. The van der Waals surface area contributed by atoms with Gasteiger partial charge in [-0.2, -0.15) is 0 Å². The predicted molar refractivity (Wildman–Crippen MR) is 81.7 cm³/mol. The molecule has 3 nitrogen and oxygen atoms in total. The zero-order valence-corrected chi connectivity index (χ0v) is 12.6. The topological polar surface area (TPSA) is 29.5 Å². The number of nitrogens with zero attached hydrogens (tertiary/aromatic N) is 1. The molecule has 0 aromatic rings. The minimum atomic E-state index is 0.249. The van der Waals surface area contributed by atoms with Crippen molar-refractivity contribution in [2.24, 2.45) is 5.92 Å². The van der Waals surface area contributed by atoms with Crippen molar-refractivity contribution in [3.05, 3.63) is 23.8 Å². The molecule has 2 rings (SSSR count). The largest absolute Gasteiger partial charge is 0.379 e. The van der Waals surface area contributed by atoms with Crippen molar-refractivity contribution in [3.63, 3.8) is 0 Å². The number of allylic oxidation sites excluding steroid dienone is 3. The standard InChI is InChI=1S/C17H27NO2/c1-15-5-2-3-6-16(13-15)14-17(19)7-4-8-18-9-11-20-12-10-18/h4,6-7,15H,2-3,5,8-14H2,1H3/b7-4+/t15-/m1/s1. The lowest BCUT2D eigenvalue weighted by atomic mass is 9.97. The molecule has 0 N–H and O–H groups in total. The Hall–Kier alpha value is -0.930. The van der Waals surface area contributed by atoms with E-state index in [9.17, 15) is 4.79 Å². The second-order valence-electron chi connectivity index (χ2n) is 6.06. The van der Waals surface area contributed by atoms with Crippen molar-refractivity contribution >= 4 is 5.78 Å². The number of hydrogen-bond donors (Lipinski definition) is 0. The van der Waals surface area contributed by atoms with Gasteiger partial charge in [0.2, 0.25) is 0 Å². The molecule has 3 heteroatoms. The Kier molecular flexibility index (Phi) is 6.48. The molecular formula is C17H27NO2. The molecule has 2 aliphatic rings. The van der Waals surface area contributed by atoms with Crippen LogP contribution in [0.5, 0.6) is 0 Å². The van der Waals surface area contributed by atoms with Crippen LogP contribution < -0.4 is 0 Å². The smallest absolute Gasteiger partial charge is 0.159 e. The van der Waals surface area contributed by atoms with Crippen molar-refractivity contribution in [2.75, 3.05) is 32.8 Å². The van der Waals surface area contributed by atoms with E-state index >= 15 is 0 Å². The zero-order chi connectivity index (χ0) is 14.2. The van der Waals surface area contributed by atoms with E-state index in [2.05, 4.69) is 17.9 Å². The Morgan fingerprint density at radius 2 is 2.25 bits per heavy atom. The van der Waals surface area contributed by atoms with E-state index in [4.69, 9.17) is 4.74 Å². The van der Waals surface area contributed by atoms with Crippen molar-refractivity contribution in [3.8, 4) is 0 Å². The van der Waals surface area contributed by atoms with Gasteiger partial charge in [0, 0.05) is 26.1 Å². The fraction of sp³-hybridized carbons (Fsp3) is 0.706. The molecule has 0 radical (unpaired) electrons. The Morgan fingerprint density at radius 1 is 1.45 bits per heavy atom. The molecule has 1 saturated heterocycles. The lowest BCUT2D eigenvalue weighted by molar-refractivity contribution is -0.114. The number of ketones is 1. The summed E-state index contributed by atoms with van der Waals surface area (Å²) in [5.41, 5.74) is 1.34. The first-order valence-electron chi connectivity index (χ1n) is 7.91. The summed E-state index contributed by atoms with van der Waals surface area (Å²) in [4.78, 5) is 14.3. The van der Waals surface area contributed by atoms with Crippen LogP contribution in [0.1, 0.15) is 39.0 Å². The van der Waals surface area contributed by atoms with Crippen LogP contribution in [-0.2, 0) is 9.53 Å². The van der Waals surface area contributed by atoms with Crippen LogP contribution in [0.25, 0.3) is 0 Å². The number of ether oxygens (including phenoxy) is 1. The molecule has 0 unspecified atom stereocenters. The van der Waals surface area contributed by atoms with Gasteiger partial charge in [-0.3, -0.25) is 9.69 Å². The summed E-state index contributed by atoms with van der Waals surface area (Å²) < 4.78 is 5.31. The predicted octanol–water partition coefficient (Wildman–Crippen LogP) is 2.97. The fourth-order valence-electron chi connectivity index (χ4n) is 2.95. The molecule has 1 atom stereocenters. The van der Waals surface area contributed by atoms with Gasteiger partial charge in [-0.15, -0.1) is 0 Å². The van der Waals surface area contributed by atoms with Crippen molar-refractivity contribution in [2.45, 2.75) is 39.0 Å². The molecule has 20 heavy (non-hydrogen) atoms. The average Bonchev–Trinajstić information content (AvgIpc) is 2.64. The zero-order valence-electron chi connectivity index (χ0n) is 12.6. The highest BCUT2D eigenvalue weighted by atomic mass is 16.5. The lowest BCUT2D eigenvalue weighted by Gasteiger charge is -2.25. The third-order valence-electron chi connectivity index (χ3n) is 4.12. The Bertz CT molecular complexity index is 367. The highest BCUT2D eigenvalue weighted by molar-refractivity contribution is 5.91. The second kappa shape index (κ2) is 8.38. The van der Waals surface area contributed by atoms with Crippen LogP contribution in [0, 0.1) is 5.92 Å². The summed E-state index contributed by atoms with van der Waals surface area (Å²) in [6, 6.07) is 0. The van der Waals surface area contributed by atoms with Gasteiger partial charge in [-0.1, -0.05) is 31.1 Å². The van der Waals surface area contributed by atoms with Gasteiger partial charge < -0.3 is 4.74 Å². The van der Waals surface area contributed by atoms with Crippen molar-refractivity contribution in [1.29, 1.82) is 0 Å². The molecule has 1 fully saturated rings. The first kappa shape index (κ1) is 15.5. The van der Waals surface area contributed by atoms with Crippen LogP contribution in [0.15, 0.2) is 23.8 Å². The molecule has 1 aliphatic carbocycles. The van der Waals surface area contributed by atoms with Crippen molar-refractivity contribution in [1.82, 2.24) is 4.90 Å². The van der Waals surface area contributed by atoms with E-state index in [1.165, 1.54) is 18.4 Å². The fourth-order valence-corrected chi connectivity index (χ4v) is 2.95. The molecule has 0 aromatic carbocycles. The minimum Gasteiger partial charge on any atom is -0.379 e. The molecule has 0 aromatic heterocycles. The second-order valence-corrected chi connectivity index (χ2v) is 6.06. The number of hydrogen-bond acceptors (Lipinski definition) is 3. The van der Waals surface area contributed by atoms with Crippen LogP contribution in [0.2, 0.25) is 0 Å². The number of rotatable bonds is 5. The molecular weight excluding hydrogens is 250 g/mol. The maximum atomic E-state index is 12.0. The van der Waals surface area contributed by atoms with E-state index in [1.54, 1.807) is 6.08 Å². The van der Waals surface area contributed by atoms with E-state index in [0.717, 1.165) is 51.6 Å². The Labute approximate surface area is 122 Å². The highest BCUT2D eigenvalue weighted by Gasteiger charge is 2.12. The molecule has 0 bridgehead atoms. The van der Waals surface area contributed by atoms with Gasteiger partial charge in [-0.25, -0.2) is 0 Å². The van der Waals surface area contributed by atoms with Gasteiger partial charge in [0.1, 0.15) is 0 Å².